The molecule has 0 amide bonds. The van der Waals surface area contributed by atoms with E-state index in [0.29, 0.717) is 12.2 Å². The van der Waals surface area contributed by atoms with Gasteiger partial charge in [-0.05, 0) is 23.6 Å². The van der Waals surface area contributed by atoms with Crippen LogP contribution < -0.4 is 0 Å². The van der Waals surface area contributed by atoms with E-state index in [1.165, 1.54) is 6.33 Å². The quantitative estimate of drug-likeness (QED) is 0.429. The Bertz CT molecular complexity index is 757. The minimum Gasteiger partial charge on any atom is -0.504 e. The summed E-state index contributed by atoms with van der Waals surface area (Å²) in [6.07, 6.45) is 2.94. The lowest BCUT2D eigenvalue weighted by Gasteiger charge is -1.95. The minimum absolute atomic E-state index is 0.133. The van der Waals surface area contributed by atoms with Crippen molar-refractivity contribution >= 4 is 22.9 Å². The van der Waals surface area contributed by atoms with Crippen molar-refractivity contribution in [1.82, 2.24) is 15.2 Å². The molecule has 0 spiro atoms. The molecule has 2 N–H and O–H groups in total. The molecule has 0 bridgehead atoms. The molecule has 0 saturated heterocycles. The zero-order chi connectivity index (χ0) is 14.7. The number of ketones is 1. The van der Waals surface area contributed by atoms with E-state index in [1.54, 1.807) is 23.5 Å². The molecule has 0 aromatic carbocycles. The Morgan fingerprint density at radius 1 is 1.43 bits per heavy atom. The second-order valence-corrected chi connectivity index (χ2v) is 5.28. The molecule has 0 aliphatic carbocycles. The zero-order valence-corrected chi connectivity index (χ0v) is 11.6. The predicted molar refractivity (Wildman–Crippen MR) is 77.2 cm³/mol. The van der Waals surface area contributed by atoms with Crippen LogP contribution in [0.15, 0.2) is 46.5 Å². The molecule has 0 aliphatic heterocycles. The smallest absolute Gasteiger partial charge is 0.224 e. The zero-order valence-electron chi connectivity index (χ0n) is 10.8. The van der Waals surface area contributed by atoms with E-state index in [2.05, 4.69) is 15.2 Å². The van der Waals surface area contributed by atoms with Gasteiger partial charge in [0.25, 0.3) is 0 Å². The van der Waals surface area contributed by atoms with Gasteiger partial charge in [-0.25, -0.2) is 4.98 Å². The third-order valence-corrected chi connectivity index (χ3v) is 3.63. The van der Waals surface area contributed by atoms with Crippen molar-refractivity contribution in [2.45, 2.75) is 6.42 Å². The number of carbonyl (C=O) groups excluding carboxylic acids is 1. The van der Waals surface area contributed by atoms with Gasteiger partial charge in [-0.15, -0.1) is 11.3 Å². The highest BCUT2D eigenvalue weighted by Crippen LogP contribution is 2.18. The molecule has 0 fully saturated rings. The SMILES string of the molecule is O=C(/C=C(/O)c1ncn[nH]1)c1ccc(Cc2cccs2)o1. The number of aromatic amines is 1. The van der Waals surface area contributed by atoms with Crippen molar-refractivity contribution in [2.24, 2.45) is 0 Å². The second kappa shape index (κ2) is 5.76. The van der Waals surface area contributed by atoms with Crippen molar-refractivity contribution in [3.05, 3.63) is 64.3 Å². The number of nitrogens with one attached hydrogen (secondary N) is 1. The topological polar surface area (TPSA) is 92.0 Å². The van der Waals surface area contributed by atoms with E-state index in [9.17, 15) is 9.90 Å². The summed E-state index contributed by atoms with van der Waals surface area (Å²) < 4.78 is 5.49. The summed E-state index contributed by atoms with van der Waals surface area (Å²) in [7, 11) is 0. The molecule has 0 saturated carbocycles. The number of hydrogen-bond acceptors (Lipinski definition) is 6. The van der Waals surface area contributed by atoms with Gasteiger partial charge in [0.1, 0.15) is 12.1 Å². The number of H-pyrrole nitrogens is 1. The van der Waals surface area contributed by atoms with Crippen molar-refractivity contribution in [1.29, 1.82) is 0 Å². The Balaban J connectivity index is 1.74. The summed E-state index contributed by atoms with van der Waals surface area (Å²) >= 11 is 1.63. The number of allylic oxidation sites excluding steroid dienone is 1. The van der Waals surface area contributed by atoms with Crippen LogP contribution in [0.1, 0.15) is 27.0 Å². The number of aliphatic hydroxyl groups is 1. The third-order valence-electron chi connectivity index (χ3n) is 2.76. The highest BCUT2D eigenvalue weighted by atomic mass is 32.1. The van der Waals surface area contributed by atoms with Gasteiger partial charge >= 0.3 is 0 Å². The maximum absolute atomic E-state index is 12.0. The summed E-state index contributed by atoms with van der Waals surface area (Å²) in [6, 6.07) is 7.32. The lowest BCUT2D eigenvalue weighted by molar-refractivity contribution is 0.101. The first kappa shape index (κ1) is 13.3. The van der Waals surface area contributed by atoms with Crippen LogP contribution in [0.5, 0.6) is 0 Å². The van der Waals surface area contributed by atoms with Gasteiger partial charge in [0, 0.05) is 17.4 Å². The first-order valence-electron chi connectivity index (χ1n) is 6.14. The van der Waals surface area contributed by atoms with Crippen LogP contribution in [-0.2, 0) is 6.42 Å². The summed E-state index contributed by atoms with van der Waals surface area (Å²) in [5.74, 6) is 0.296. The number of nitrogens with zero attached hydrogens (tertiary/aromatic N) is 2. The summed E-state index contributed by atoms with van der Waals surface area (Å²) in [5, 5.41) is 17.8. The number of rotatable bonds is 5. The van der Waals surface area contributed by atoms with E-state index < -0.39 is 5.78 Å². The molecule has 3 heterocycles. The molecular formula is C14H11N3O3S. The third kappa shape index (κ3) is 3.09. The maximum Gasteiger partial charge on any atom is 0.224 e. The van der Waals surface area contributed by atoms with Crippen LogP contribution >= 0.6 is 11.3 Å². The highest BCUT2D eigenvalue weighted by molar-refractivity contribution is 7.09. The fraction of sp³-hybridized carbons (Fsp3) is 0.0714. The van der Waals surface area contributed by atoms with E-state index in [0.717, 1.165) is 11.0 Å². The van der Waals surface area contributed by atoms with Crippen LogP contribution in [0.25, 0.3) is 5.76 Å². The molecule has 7 heteroatoms. The fourth-order valence-corrected chi connectivity index (χ4v) is 2.50. The molecular weight excluding hydrogens is 290 g/mol. The van der Waals surface area contributed by atoms with Gasteiger partial charge in [0.15, 0.2) is 17.3 Å². The van der Waals surface area contributed by atoms with Gasteiger partial charge in [-0.3, -0.25) is 9.89 Å². The molecule has 0 unspecified atom stereocenters. The van der Waals surface area contributed by atoms with Crippen LogP contribution in [0.3, 0.4) is 0 Å². The van der Waals surface area contributed by atoms with Gasteiger partial charge in [-0.2, -0.15) is 5.10 Å². The number of furan rings is 1. The molecule has 3 aromatic heterocycles. The van der Waals surface area contributed by atoms with Crippen LogP contribution in [0.4, 0.5) is 0 Å². The maximum atomic E-state index is 12.0. The number of aliphatic hydroxyl groups excluding tert-OH is 1. The number of aromatic nitrogens is 3. The molecule has 3 rings (SSSR count). The molecule has 106 valence electrons. The highest BCUT2D eigenvalue weighted by Gasteiger charge is 2.12. The Morgan fingerprint density at radius 2 is 2.33 bits per heavy atom. The Hall–Kier alpha value is -2.67. The Labute approximate surface area is 123 Å². The molecule has 6 nitrogen and oxygen atoms in total. The first-order valence-corrected chi connectivity index (χ1v) is 7.02. The monoisotopic (exact) mass is 301 g/mol. The van der Waals surface area contributed by atoms with Crippen molar-refractivity contribution in [2.75, 3.05) is 0 Å². The molecule has 21 heavy (non-hydrogen) atoms. The molecule has 0 aliphatic rings. The fourth-order valence-electron chi connectivity index (χ4n) is 1.78. The Kier molecular flexibility index (Phi) is 3.65. The largest absolute Gasteiger partial charge is 0.504 e. The van der Waals surface area contributed by atoms with Crippen LogP contribution in [-0.4, -0.2) is 26.1 Å². The molecule has 0 atom stereocenters. The lowest BCUT2D eigenvalue weighted by Crippen LogP contribution is -1.96. The average molecular weight is 301 g/mol. The summed E-state index contributed by atoms with van der Waals surface area (Å²) in [5.41, 5.74) is 0. The number of carbonyl (C=O) groups is 1. The summed E-state index contributed by atoms with van der Waals surface area (Å²) in [4.78, 5) is 16.9. The number of thiophene rings is 1. The average Bonchev–Trinajstić information content (AvgIpc) is 3.22. The van der Waals surface area contributed by atoms with Gasteiger partial charge in [0.05, 0.1) is 0 Å². The van der Waals surface area contributed by atoms with E-state index in [4.69, 9.17) is 4.42 Å². The van der Waals surface area contributed by atoms with Gasteiger partial charge in [-0.1, -0.05) is 6.07 Å². The molecule has 3 aromatic rings. The van der Waals surface area contributed by atoms with Crippen LogP contribution in [0, 0.1) is 0 Å². The van der Waals surface area contributed by atoms with Gasteiger partial charge in [0.2, 0.25) is 5.78 Å². The predicted octanol–water partition coefficient (Wildman–Crippen LogP) is 2.83. The van der Waals surface area contributed by atoms with Crippen molar-refractivity contribution in [3.8, 4) is 0 Å². The van der Waals surface area contributed by atoms with Crippen molar-refractivity contribution in [3.63, 3.8) is 0 Å². The van der Waals surface area contributed by atoms with Gasteiger partial charge < -0.3 is 9.52 Å². The van der Waals surface area contributed by atoms with E-state index in [-0.39, 0.29) is 17.3 Å². The first-order chi connectivity index (χ1) is 10.2. The normalized spacial score (nSPS) is 11.7. The lowest BCUT2D eigenvalue weighted by atomic mass is 10.2. The molecule has 0 radical (unpaired) electrons. The Morgan fingerprint density at radius 3 is 3.05 bits per heavy atom. The van der Waals surface area contributed by atoms with E-state index >= 15 is 0 Å². The standard InChI is InChI=1S/C14H11N3O3S/c18-11(7-12(19)14-15-8-16-17-14)13-4-3-9(20-13)6-10-2-1-5-21-10/h1-5,7-8,19H,6H2,(H,15,16,17)/b12-7+. The minimum atomic E-state index is -0.429. The number of hydrogen-bond donors (Lipinski definition) is 2. The van der Waals surface area contributed by atoms with Crippen molar-refractivity contribution < 1.29 is 14.3 Å². The van der Waals surface area contributed by atoms with Crippen LogP contribution in [0.2, 0.25) is 0 Å². The second-order valence-electron chi connectivity index (χ2n) is 4.25. The summed E-state index contributed by atoms with van der Waals surface area (Å²) in [6.45, 7) is 0. The van der Waals surface area contributed by atoms with E-state index in [1.807, 2.05) is 17.5 Å².